The average Bonchev–Trinajstić information content (AvgIpc) is 3.46. The Morgan fingerprint density at radius 2 is 1.95 bits per heavy atom. The summed E-state index contributed by atoms with van der Waals surface area (Å²) < 4.78 is 0. The van der Waals surface area contributed by atoms with E-state index in [0.717, 1.165) is 41.8 Å². The summed E-state index contributed by atoms with van der Waals surface area (Å²) in [5.41, 5.74) is 4.59. The molecule has 4 nitrogen and oxygen atoms in total. The van der Waals surface area contributed by atoms with Crippen molar-refractivity contribution in [2.75, 3.05) is 0 Å². The number of hydrogen-bond donors (Lipinski definition) is 3. The van der Waals surface area contributed by atoms with Crippen LogP contribution in [0.4, 0.5) is 0 Å². The molecule has 4 aliphatic rings. The average molecular weight is 566 g/mol. The van der Waals surface area contributed by atoms with Gasteiger partial charge in [0.25, 0.3) is 0 Å². The van der Waals surface area contributed by atoms with E-state index in [2.05, 4.69) is 57.0 Å². The number of aryl methyl sites for hydroxylation is 1. The highest BCUT2D eigenvalue weighted by atomic mass is 32.1. The fourth-order valence-electron chi connectivity index (χ4n) is 8.18. The molecule has 1 heterocycles. The molecule has 4 saturated carbocycles. The summed E-state index contributed by atoms with van der Waals surface area (Å²) in [7, 11) is 0. The fraction of sp³-hybridized carbons (Fsp3) is 0.686. The van der Waals surface area contributed by atoms with Gasteiger partial charge in [0, 0.05) is 11.8 Å². The standard InChI is InChI=1S/C35H51NO3S/c1-5-6-7-10-27-22-40-33(36-27)35(18-19-35)32(39)16-11-23(2)29-14-15-30-25(9-8-17-34(29,30)4)12-13-26-20-28(37)21-31(38)24(26)3/h11-13,16,22-23,28-32,37-39H,3,5-10,14-15,17-21H2,1-2,4H3/b16-11+,25-12+,26-13-/t23-,28+,29+,30-,31-,32-,34+/m0/s1. The molecule has 3 N–H and O–H groups in total. The maximum atomic E-state index is 11.3. The largest absolute Gasteiger partial charge is 0.393 e. The van der Waals surface area contributed by atoms with E-state index in [1.165, 1.54) is 56.2 Å². The van der Waals surface area contributed by atoms with Gasteiger partial charge in [-0.25, -0.2) is 4.98 Å². The predicted octanol–water partition coefficient (Wildman–Crippen LogP) is 7.60. The predicted molar refractivity (Wildman–Crippen MR) is 165 cm³/mol. The lowest BCUT2D eigenvalue weighted by Gasteiger charge is -2.44. The second kappa shape index (κ2) is 12.4. The quantitative estimate of drug-likeness (QED) is 0.202. The first-order chi connectivity index (χ1) is 19.2. The third-order valence-corrected chi connectivity index (χ3v) is 12.0. The van der Waals surface area contributed by atoms with Gasteiger partial charge in [-0.3, -0.25) is 0 Å². The number of allylic oxidation sites excluding steroid dienone is 4. The van der Waals surface area contributed by atoms with Crippen LogP contribution in [-0.2, 0) is 11.8 Å². The van der Waals surface area contributed by atoms with E-state index in [4.69, 9.17) is 4.98 Å². The number of hydrogen-bond acceptors (Lipinski definition) is 5. The van der Waals surface area contributed by atoms with Gasteiger partial charge in [-0.2, -0.15) is 0 Å². The molecule has 4 fully saturated rings. The van der Waals surface area contributed by atoms with Gasteiger partial charge in [-0.15, -0.1) is 11.3 Å². The van der Waals surface area contributed by atoms with Crippen LogP contribution in [0.5, 0.6) is 0 Å². The lowest BCUT2D eigenvalue weighted by molar-refractivity contribution is 0.0862. The number of rotatable bonds is 10. The van der Waals surface area contributed by atoms with Gasteiger partial charge in [-0.1, -0.05) is 70.1 Å². The first-order valence-corrected chi connectivity index (χ1v) is 16.8. The topological polar surface area (TPSA) is 73.6 Å². The lowest BCUT2D eigenvalue weighted by Crippen LogP contribution is -2.35. The Kier molecular flexibility index (Phi) is 9.26. The van der Waals surface area contributed by atoms with E-state index in [0.29, 0.717) is 30.6 Å². The van der Waals surface area contributed by atoms with Gasteiger partial charge < -0.3 is 15.3 Å². The zero-order valence-electron chi connectivity index (χ0n) is 24.9. The van der Waals surface area contributed by atoms with Gasteiger partial charge in [-0.05, 0) is 98.5 Å². The third-order valence-electron chi connectivity index (χ3n) is 10.9. The Bertz CT molecular complexity index is 1140. The SMILES string of the molecule is C=C1/C(=C\C=C2/CCC[C@]3(C)[C@@H]([C@@H](C)/C=C/[C@H](O)C4(c5nc(CCCCC)cs5)CC4)CC[C@@H]23)C[C@@H](O)C[C@@H]1O. The number of thiazole rings is 1. The molecule has 0 radical (unpaired) electrons. The Morgan fingerprint density at radius 1 is 1.15 bits per heavy atom. The van der Waals surface area contributed by atoms with E-state index < -0.39 is 18.3 Å². The molecule has 0 spiro atoms. The zero-order chi connectivity index (χ0) is 28.5. The summed E-state index contributed by atoms with van der Waals surface area (Å²) in [4.78, 5) is 4.96. The van der Waals surface area contributed by atoms with Crippen LogP contribution in [0.25, 0.3) is 0 Å². The van der Waals surface area contributed by atoms with Gasteiger partial charge in [0.15, 0.2) is 0 Å². The van der Waals surface area contributed by atoms with Crippen LogP contribution < -0.4 is 0 Å². The van der Waals surface area contributed by atoms with Crippen molar-refractivity contribution in [1.82, 2.24) is 4.98 Å². The van der Waals surface area contributed by atoms with Gasteiger partial charge in [0.1, 0.15) is 5.01 Å². The van der Waals surface area contributed by atoms with Crippen molar-refractivity contribution in [3.05, 3.63) is 63.7 Å². The van der Waals surface area contributed by atoms with Crippen LogP contribution in [0.3, 0.4) is 0 Å². The second-order valence-corrected chi connectivity index (χ2v) is 14.5. The van der Waals surface area contributed by atoms with Crippen LogP contribution in [0.2, 0.25) is 0 Å². The molecule has 0 aromatic carbocycles. The molecule has 1 aromatic rings. The molecular weight excluding hydrogens is 514 g/mol. The minimum atomic E-state index is -0.637. The van der Waals surface area contributed by atoms with E-state index >= 15 is 0 Å². The smallest absolute Gasteiger partial charge is 0.102 e. The zero-order valence-corrected chi connectivity index (χ0v) is 25.8. The van der Waals surface area contributed by atoms with Crippen LogP contribution in [-0.4, -0.2) is 38.6 Å². The number of aromatic nitrogens is 1. The van der Waals surface area contributed by atoms with Crippen molar-refractivity contribution in [1.29, 1.82) is 0 Å². The molecule has 5 heteroatoms. The molecule has 0 aliphatic heterocycles. The summed E-state index contributed by atoms with van der Waals surface area (Å²) in [5, 5.41) is 35.1. The number of aliphatic hydroxyl groups is 3. The van der Waals surface area contributed by atoms with E-state index in [1.54, 1.807) is 11.3 Å². The molecule has 7 atom stereocenters. The Hall–Kier alpha value is -1.53. The monoisotopic (exact) mass is 565 g/mol. The number of fused-ring (bicyclic) bond motifs is 1. The van der Waals surface area contributed by atoms with Gasteiger partial charge >= 0.3 is 0 Å². The maximum absolute atomic E-state index is 11.3. The molecular formula is C35H51NO3S. The normalized spacial score (nSPS) is 35.4. The van der Waals surface area contributed by atoms with Crippen molar-refractivity contribution in [3.63, 3.8) is 0 Å². The fourth-order valence-corrected chi connectivity index (χ4v) is 9.33. The van der Waals surface area contributed by atoms with Crippen LogP contribution >= 0.6 is 11.3 Å². The van der Waals surface area contributed by atoms with Crippen molar-refractivity contribution in [2.45, 2.75) is 128 Å². The highest BCUT2D eigenvalue weighted by molar-refractivity contribution is 7.09. The molecule has 1 aromatic heterocycles. The first-order valence-electron chi connectivity index (χ1n) is 15.9. The number of aliphatic hydroxyl groups excluding tert-OH is 3. The summed E-state index contributed by atoms with van der Waals surface area (Å²) in [6.07, 6.45) is 21.0. The van der Waals surface area contributed by atoms with Crippen molar-refractivity contribution < 1.29 is 15.3 Å². The Labute approximate surface area is 246 Å². The first kappa shape index (κ1) is 29.9. The minimum Gasteiger partial charge on any atom is -0.393 e. The maximum Gasteiger partial charge on any atom is 0.102 e. The van der Waals surface area contributed by atoms with E-state index in [-0.39, 0.29) is 10.8 Å². The number of nitrogens with zero attached hydrogens (tertiary/aromatic N) is 1. The molecule has 40 heavy (non-hydrogen) atoms. The molecule has 4 aliphatic carbocycles. The third kappa shape index (κ3) is 6.00. The van der Waals surface area contributed by atoms with Crippen LogP contribution in [0.1, 0.15) is 109 Å². The minimum absolute atomic E-state index is 0.162. The molecule has 220 valence electrons. The highest BCUT2D eigenvalue weighted by Crippen LogP contribution is 2.60. The molecule has 0 unspecified atom stereocenters. The molecule has 0 bridgehead atoms. The summed E-state index contributed by atoms with van der Waals surface area (Å²) in [6, 6.07) is 0. The summed E-state index contributed by atoms with van der Waals surface area (Å²) >= 11 is 1.75. The molecule has 5 rings (SSSR count). The van der Waals surface area contributed by atoms with Gasteiger partial charge in [0.05, 0.1) is 29.4 Å². The Morgan fingerprint density at radius 3 is 2.70 bits per heavy atom. The number of unbranched alkanes of at least 4 members (excludes halogenated alkanes) is 2. The molecule has 0 saturated heterocycles. The second-order valence-electron chi connectivity index (χ2n) is 13.6. The van der Waals surface area contributed by atoms with Crippen LogP contribution in [0, 0.1) is 23.2 Å². The Balaban J connectivity index is 1.24. The van der Waals surface area contributed by atoms with E-state index in [1.807, 2.05) is 0 Å². The summed E-state index contributed by atoms with van der Waals surface area (Å²) in [5.74, 6) is 1.60. The van der Waals surface area contributed by atoms with Gasteiger partial charge in [0.2, 0.25) is 0 Å². The molecule has 0 amide bonds. The van der Waals surface area contributed by atoms with Crippen LogP contribution in [0.15, 0.2) is 53.0 Å². The van der Waals surface area contributed by atoms with Crippen molar-refractivity contribution in [2.24, 2.45) is 23.2 Å². The summed E-state index contributed by atoms with van der Waals surface area (Å²) in [6.45, 7) is 11.2. The van der Waals surface area contributed by atoms with Crippen molar-refractivity contribution in [3.8, 4) is 0 Å². The lowest BCUT2D eigenvalue weighted by atomic mass is 9.61. The van der Waals surface area contributed by atoms with Crippen molar-refractivity contribution >= 4 is 11.3 Å². The highest BCUT2D eigenvalue weighted by Gasteiger charge is 2.53. The van der Waals surface area contributed by atoms with E-state index in [9.17, 15) is 15.3 Å².